The third-order valence-corrected chi connectivity index (χ3v) is 3.76. The molecule has 2 heterocycles. The van der Waals surface area contributed by atoms with Gasteiger partial charge in [-0.2, -0.15) is 13.2 Å². The van der Waals surface area contributed by atoms with E-state index in [9.17, 15) is 13.2 Å². The number of para-hydroxylation sites is 1. The Morgan fingerprint density at radius 2 is 2.05 bits per heavy atom. The van der Waals surface area contributed by atoms with Gasteiger partial charge in [0.15, 0.2) is 0 Å². The monoisotopic (exact) mass is 268 g/mol. The average Bonchev–Trinajstić information content (AvgIpc) is 2.67. The Morgan fingerprint density at radius 1 is 1.26 bits per heavy atom. The molecule has 0 saturated heterocycles. The number of benzene rings is 1. The zero-order valence-electron chi connectivity index (χ0n) is 10.4. The van der Waals surface area contributed by atoms with Crippen LogP contribution in [0.1, 0.15) is 23.2 Å². The minimum Gasteiger partial charge on any atom is -0.337 e. The van der Waals surface area contributed by atoms with Crippen LogP contribution < -0.4 is 5.73 Å². The quantitative estimate of drug-likeness (QED) is 0.891. The maximum Gasteiger partial charge on any atom is 0.431 e. The van der Waals surface area contributed by atoms with Crippen LogP contribution in [0.3, 0.4) is 0 Å². The van der Waals surface area contributed by atoms with E-state index in [2.05, 4.69) is 0 Å². The largest absolute Gasteiger partial charge is 0.431 e. The van der Waals surface area contributed by atoms with Gasteiger partial charge in [0.05, 0.1) is 5.52 Å². The number of nitrogens with zero attached hydrogens (tertiary/aromatic N) is 1. The number of halogens is 3. The molecule has 0 aliphatic carbocycles. The second kappa shape index (κ2) is 4.27. The summed E-state index contributed by atoms with van der Waals surface area (Å²) in [5, 5.41) is 0.718. The molecule has 2 aromatic rings. The predicted molar refractivity (Wildman–Crippen MR) is 68.0 cm³/mol. The number of nitrogens with two attached hydrogens (primary N) is 1. The molecule has 0 atom stereocenters. The fourth-order valence-corrected chi connectivity index (χ4v) is 3.13. The second-order valence-electron chi connectivity index (χ2n) is 4.93. The predicted octanol–water partition coefficient (Wildman–Crippen LogP) is 3.11. The smallest absolute Gasteiger partial charge is 0.337 e. The SMILES string of the molecule is NCCc1c(C(F)(F)F)n2c3c(cccc13)CCC2. The molecule has 1 aliphatic heterocycles. The summed E-state index contributed by atoms with van der Waals surface area (Å²) in [6.07, 6.45) is -2.45. The van der Waals surface area contributed by atoms with Crippen LogP contribution in [-0.4, -0.2) is 11.1 Å². The third-order valence-electron chi connectivity index (χ3n) is 3.76. The summed E-state index contributed by atoms with van der Waals surface area (Å²) >= 11 is 0. The van der Waals surface area contributed by atoms with Crippen molar-refractivity contribution >= 4 is 10.9 Å². The number of rotatable bonds is 2. The second-order valence-corrected chi connectivity index (χ2v) is 4.93. The topological polar surface area (TPSA) is 30.9 Å². The highest BCUT2D eigenvalue weighted by molar-refractivity contribution is 5.89. The van der Waals surface area contributed by atoms with Gasteiger partial charge >= 0.3 is 6.18 Å². The lowest BCUT2D eigenvalue weighted by Crippen LogP contribution is -2.19. The maximum atomic E-state index is 13.4. The molecule has 2 N–H and O–H groups in total. The van der Waals surface area contributed by atoms with E-state index in [0.29, 0.717) is 12.1 Å². The van der Waals surface area contributed by atoms with E-state index in [1.807, 2.05) is 12.1 Å². The number of aryl methyl sites for hydroxylation is 2. The van der Waals surface area contributed by atoms with E-state index in [0.717, 1.165) is 29.3 Å². The number of aromatic nitrogens is 1. The van der Waals surface area contributed by atoms with Crippen LogP contribution in [0.5, 0.6) is 0 Å². The standard InChI is InChI=1S/C14H15F3N2/c15-14(16,17)13-11(6-7-18)10-5-1-3-9-4-2-8-19(13)12(9)10/h1,3,5H,2,4,6-8,18H2. The van der Waals surface area contributed by atoms with Gasteiger partial charge in [-0.15, -0.1) is 0 Å². The molecule has 1 aliphatic rings. The van der Waals surface area contributed by atoms with Gasteiger partial charge in [0.25, 0.3) is 0 Å². The number of alkyl halides is 3. The molecule has 0 unspecified atom stereocenters. The van der Waals surface area contributed by atoms with Crippen molar-refractivity contribution in [3.63, 3.8) is 0 Å². The molecule has 1 aromatic carbocycles. The Bertz CT molecular complexity index is 626. The molecule has 2 nitrogen and oxygen atoms in total. The van der Waals surface area contributed by atoms with Crippen LogP contribution in [0.15, 0.2) is 18.2 Å². The first-order chi connectivity index (χ1) is 9.04. The number of hydrogen-bond acceptors (Lipinski definition) is 1. The maximum absolute atomic E-state index is 13.4. The summed E-state index contributed by atoms with van der Waals surface area (Å²) < 4.78 is 41.5. The molecule has 3 rings (SSSR count). The lowest BCUT2D eigenvalue weighted by atomic mass is 10.0. The Morgan fingerprint density at radius 3 is 2.74 bits per heavy atom. The summed E-state index contributed by atoms with van der Waals surface area (Å²) in [7, 11) is 0. The fourth-order valence-electron chi connectivity index (χ4n) is 3.13. The molecule has 0 radical (unpaired) electrons. The Balaban J connectivity index is 2.40. The molecule has 19 heavy (non-hydrogen) atoms. The zero-order valence-corrected chi connectivity index (χ0v) is 10.4. The van der Waals surface area contributed by atoms with Crippen LogP contribution >= 0.6 is 0 Å². The minimum atomic E-state index is -4.32. The molecule has 0 spiro atoms. The van der Waals surface area contributed by atoms with Gasteiger partial charge in [0.2, 0.25) is 0 Å². The van der Waals surface area contributed by atoms with E-state index in [1.165, 1.54) is 4.57 Å². The molecule has 102 valence electrons. The molecule has 0 bridgehead atoms. The fraction of sp³-hybridized carbons (Fsp3) is 0.429. The highest BCUT2D eigenvalue weighted by atomic mass is 19.4. The Kier molecular flexibility index (Phi) is 2.82. The molecular formula is C14H15F3N2. The summed E-state index contributed by atoms with van der Waals surface area (Å²) in [5.74, 6) is 0. The van der Waals surface area contributed by atoms with Crippen molar-refractivity contribution in [1.82, 2.24) is 4.57 Å². The van der Waals surface area contributed by atoms with Crippen LogP contribution in [0.25, 0.3) is 10.9 Å². The first-order valence-electron chi connectivity index (χ1n) is 6.44. The molecule has 0 fully saturated rings. The van der Waals surface area contributed by atoms with Crippen molar-refractivity contribution in [2.24, 2.45) is 5.73 Å². The molecule has 0 amide bonds. The van der Waals surface area contributed by atoms with E-state index in [-0.39, 0.29) is 13.0 Å². The zero-order chi connectivity index (χ0) is 13.6. The van der Waals surface area contributed by atoms with Crippen molar-refractivity contribution in [2.45, 2.75) is 32.0 Å². The third kappa shape index (κ3) is 1.84. The first-order valence-corrected chi connectivity index (χ1v) is 6.44. The Hall–Kier alpha value is -1.49. The van der Waals surface area contributed by atoms with Crippen molar-refractivity contribution < 1.29 is 13.2 Å². The van der Waals surface area contributed by atoms with E-state index < -0.39 is 11.9 Å². The molecule has 1 aromatic heterocycles. The van der Waals surface area contributed by atoms with Gasteiger partial charge in [-0.25, -0.2) is 0 Å². The van der Waals surface area contributed by atoms with Crippen molar-refractivity contribution in [3.05, 3.63) is 35.0 Å². The van der Waals surface area contributed by atoms with Crippen LogP contribution in [0, 0.1) is 0 Å². The van der Waals surface area contributed by atoms with Gasteiger partial charge < -0.3 is 10.3 Å². The van der Waals surface area contributed by atoms with Crippen molar-refractivity contribution in [1.29, 1.82) is 0 Å². The van der Waals surface area contributed by atoms with E-state index in [1.54, 1.807) is 6.07 Å². The summed E-state index contributed by atoms with van der Waals surface area (Å²) in [4.78, 5) is 0. The Labute approximate surface area is 109 Å². The van der Waals surface area contributed by atoms with E-state index >= 15 is 0 Å². The average molecular weight is 268 g/mol. The van der Waals surface area contributed by atoms with Crippen LogP contribution in [0.4, 0.5) is 13.2 Å². The van der Waals surface area contributed by atoms with Crippen molar-refractivity contribution in [2.75, 3.05) is 6.54 Å². The lowest BCUT2D eigenvalue weighted by Gasteiger charge is -2.19. The summed E-state index contributed by atoms with van der Waals surface area (Å²) in [5.41, 5.74) is 7.11. The lowest BCUT2D eigenvalue weighted by molar-refractivity contribution is -0.144. The van der Waals surface area contributed by atoms with Gasteiger partial charge in [0, 0.05) is 11.9 Å². The van der Waals surface area contributed by atoms with Gasteiger partial charge in [-0.1, -0.05) is 18.2 Å². The van der Waals surface area contributed by atoms with Crippen molar-refractivity contribution in [3.8, 4) is 0 Å². The van der Waals surface area contributed by atoms with E-state index in [4.69, 9.17) is 5.73 Å². The molecule has 0 saturated carbocycles. The summed E-state index contributed by atoms with van der Waals surface area (Å²) in [6.45, 7) is 0.666. The number of hydrogen-bond donors (Lipinski definition) is 1. The normalized spacial score (nSPS) is 15.2. The molecular weight excluding hydrogens is 253 g/mol. The van der Waals surface area contributed by atoms with Gasteiger partial charge in [0.1, 0.15) is 5.69 Å². The summed E-state index contributed by atoms with van der Waals surface area (Å²) in [6, 6.07) is 5.54. The van der Waals surface area contributed by atoms with Crippen LogP contribution in [-0.2, 0) is 25.6 Å². The first kappa shape index (κ1) is 12.5. The molecule has 5 heteroatoms. The van der Waals surface area contributed by atoms with Gasteiger partial charge in [-0.05, 0) is 36.9 Å². The van der Waals surface area contributed by atoms with Crippen LogP contribution in [0.2, 0.25) is 0 Å². The minimum absolute atomic E-state index is 0.229. The highest BCUT2D eigenvalue weighted by Crippen LogP contribution is 2.41. The van der Waals surface area contributed by atoms with Gasteiger partial charge in [-0.3, -0.25) is 0 Å². The highest BCUT2D eigenvalue weighted by Gasteiger charge is 2.39.